The number of hydrogen-bond donors (Lipinski definition) is 1. The molecule has 0 fully saturated rings. The third-order valence-electron chi connectivity index (χ3n) is 3.13. The van der Waals surface area contributed by atoms with Crippen molar-refractivity contribution in [3.05, 3.63) is 47.8 Å². The number of benzene rings is 1. The average Bonchev–Trinajstić information content (AvgIpc) is 2.77. The Balaban J connectivity index is 1.79. The Labute approximate surface area is 115 Å². The van der Waals surface area contributed by atoms with Gasteiger partial charge in [-0.15, -0.1) is 0 Å². The molecule has 0 amide bonds. The summed E-state index contributed by atoms with van der Waals surface area (Å²) in [5.41, 5.74) is 2.48. The van der Waals surface area contributed by atoms with Crippen molar-refractivity contribution in [2.75, 3.05) is 11.9 Å². The lowest BCUT2D eigenvalue weighted by Crippen LogP contribution is -2.09. The third kappa shape index (κ3) is 4.12. The van der Waals surface area contributed by atoms with Gasteiger partial charge in [0, 0.05) is 19.3 Å². The maximum absolute atomic E-state index is 4.53. The molecule has 0 aliphatic heterocycles. The molecular formula is C16H23N3. The number of nitrogens with one attached hydrogen (secondary N) is 1. The van der Waals surface area contributed by atoms with Gasteiger partial charge in [-0.2, -0.15) is 0 Å². The van der Waals surface area contributed by atoms with Crippen LogP contribution >= 0.6 is 0 Å². The van der Waals surface area contributed by atoms with Crippen molar-refractivity contribution in [3.8, 4) is 0 Å². The molecule has 1 heterocycles. The smallest absolute Gasteiger partial charge is 0.203 e. The Morgan fingerprint density at radius 2 is 2.00 bits per heavy atom. The van der Waals surface area contributed by atoms with E-state index in [9.17, 15) is 0 Å². The van der Waals surface area contributed by atoms with E-state index in [2.05, 4.69) is 58.3 Å². The normalized spacial score (nSPS) is 10.6. The molecule has 1 aromatic heterocycles. The molecule has 102 valence electrons. The highest BCUT2D eigenvalue weighted by molar-refractivity contribution is 5.28. The number of anilines is 1. The van der Waals surface area contributed by atoms with Crippen LogP contribution in [-0.2, 0) is 13.0 Å². The van der Waals surface area contributed by atoms with Crippen LogP contribution in [0.15, 0.2) is 36.5 Å². The molecule has 2 aromatic rings. The molecule has 19 heavy (non-hydrogen) atoms. The van der Waals surface area contributed by atoms with E-state index in [0.717, 1.165) is 44.0 Å². The summed E-state index contributed by atoms with van der Waals surface area (Å²) in [7, 11) is 0. The molecule has 0 radical (unpaired) electrons. The Bertz CT molecular complexity index is 488. The Kier molecular flexibility index (Phi) is 5.01. The lowest BCUT2D eigenvalue weighted by atomic mass is 10.1. The topological polar surface area (TPSA) is 29.9 Å². The summed E-state index contributed by atoms with van der Waals surface area (Å²) in [6.07, 6.45) is 5.49. The molecule has 2 rings (SSSR count). The minimum absolute atomic E-state index is 0.967. The summed E-state index contributed by atoms with van der Waals surface area (Å²) >= 11 is 0. The molecule has 1 N–H and O–H groups in total. The SMILES string of the molecule is CCCn1cc(C)nc1NCCCc1ccccc1. The summed E-state index contributed by atoms with van der Waals surface area (Å²) in [5.74, 6) is 1.01. The van der Waals surface area contributed by atoms with Crippen LogP contribution in [0.3, 0.4) is 0 Å². The number of nitrogens with zero attached hydrogens (tertiary/aromatic N) is 2. The lowest BCUT2D eigenvalue weighted by Gasteiger charge is -2.08. The molecule has 0 bridgehead atoms. The van der Waals surface area contributed by atoms with Crippen LogP contribution in [0.1, 0.15) is 31.0 Å². The van der Waals surface area contributed by atoms with Crippen LogP contribution in [0.4, 0.5) is 5.95 Å². The first-order valence-corrected chi connectivity index (χ1v) is 7.11. The lowest BCUT2D eigenvalue weighted by molar-refractivity contribution is 0.679. The zero-order valence-corrected chi connectivity index (χ0v) is 11.9. The highest BCUT2D eigenvalue weighted by Crippen LogP contribution is 2.10. The molecule has 0 aliphatic carbocycles. The van der Waals surface area contributed by atoms with Gasteiger partial charge in [0.05, 0.1) is 5.69 Å². The van der Waals surface area contributed by atoms with Crippen molar-refractivity contribution < 1.29 is 0 Å². The van der Waals surface area contributed by atoms with Crippen LogP contribution in [0.2, 0.25) is 0 Å². The number of aromatic nitrogens is 2. The fourth-order valence-electron chi connectivity index (χ4n) is 2.24. The van der Waals surface area contributed by atoms with Crippen LogP contribution in [0.5, 0.6) is 0 Å². The molecule has 0 saturated carbocycles. The van der Waals surface area contributed by atoms with Crippen molar-refractivity contribution in [1.29, 1.82) is 0 Å². The van der Waals surface area contributed by atoms with Gasteiger partial charge in [-0.1, -0.05) is 37.3 Å². The van der Waals surface area contributed by atoms with Crippen molar-refractivity contribution in [3.63, 3.8) is 0 Å². The predicted molar refractivity (Wildman–Crippen MR) is 80.5 cm³/mol. The number of hydrogen-bond acceptors (Lipinski definition) is 2. The van der Waals surface area contributed by atoms with Gasteiger partial charge in [-0.25, -0.2) is 4.98 Å². The summed E-state index contributed by atoms with van der Waals surface area (Å²) in [4.78, 5) is 4.53. The van der Waals surface area contributed by atoms with Gasteiger partial charge >= 0.3 is 0 Å². The van der Waals surface area contributed by atoms with Gasteiger partial charge in [-0.05, 0) is 31.7 Å². The molecule has 0 aliphatic rings. The number of aryl methyl sites for hydroxylation is 3. The van der Waals surface area contributed by atoms with Crippen molar-refractivity contribution >= 4 is 5.95 Å². The van der Waals surface area contributed by atoms with Gasteiger partial charge in [0.1, 0.15) is 0 Å². The second-order valence-electron chi connectivity index (χ2n) is 4.92. The van der Waals surface area contributed by atoms with E-state index in [0.29, 0.717) is 0 Å². The summed E-state index contributed by atoms with van der Waals surface area (Å²) in [5, 5.41) is 3.44. The first-order chi connectivity index (χ1) is 9.29. The highest BCUT2D eigenvalue weighted by Gasteiger charge is 2.03. The van der Waals surface area contributed by atoms with E-state index in [1.54, 1.807) is 0 Å². The summed E-state index contributed by atoms with van der Waals surface area (Å²) in [6, 6.07) is 10.6. The first kappa shape index (κ1) is 13.7. The minimum Gasteiger partial charge on any atom is -0.356 e. The molecule has 0 saturated heterocycles. The second-order valence-corrected chi connectivity index (χ2v) is 4.92. The van der Waals surface area contributed by atoms with Crippen molar-refractivity contribution in [2.24, 2.45) is 0 Å². The predicted octanol–water partition coefficient (Wildman–Crippen LogP) is 3.65. The fourth-order valence-corrected chi connectivity index (χ4v) is 2.24. The first-order valence-electron chi connectivity index (χ1n) is 7.11. The fraction of sp³-hybridized carbons (Fsp3) is 0.438. The van der Waals surface area contributed by atoms with E-state index in [1.807, 2.05) is 6.92 Å². The molecule has 1 aromatic carbocycles. The molecule has 0 atom stereocenters. The molecular weight excluding hydrogens is 234 g/mol. The minimum atomic E-state index is 0.967. The van der Waals surface area contributed by atoms with Gasteiger partial charge in [-0.3, -0.25) is 0 Å². The maximum atomic E-state index is 4.53. The average molecular weight is 257 g/mol. The van der Waals surface area contributed by atoms with Gasteiger partial charge < -0.3 is 9.88 Å². The van der Waals surface area contributed by atoms with E-state index in [1.165, 1.54) is 5.56 Å². The third-order valence-corrected chi connectivity index (χ3v) is 3.13. The van der Waals surface area contributed by atoms with Crippen LogP contribution in [-0.4, -0.2) is 16.1 Å². The Morgan fingerprint density at radius 1 is 1.21 bits per heavy atom. The summed E-state index contributed by atoms with van der Waals surface area (Å²) in [6.45, 7) is 6.23. The Hall–Kier alpha value is -1.77. The van der Waals surface area contributed by atoms with E-state index < -0.39 is 0 Å². The second kappa shape index (κ2) is 6.98. The van der Waals surface area contributed by atoms with Crippen molar-refractivity contribution in [2.45, 2.75) is 39.7 Å². The van der Waals surface area contributed by atoms with E-state index >= 15 is 0 Å². The molecule has 3 nitrogen and oxygen atoms in total. The standard InChI is InChI=1S/C16H23N3/c1-3-12-19-13-14(2)18-16(19)17-11-7-10-15-8-5-4-6-9-15/h4-6,8-9,13H,3,7,10-12H2,1-2H3,(H,17,18). The molecule has 0 unspecified atom stereocenters. The zero-order valence-electron chi connectivity index (χ0n) is 11.9. The summed E-state index contributed by atoms with van der Waals surface area (Å²) < 4.78 is 2.21. The monoisotopic (exact) mass is 257 g/mol. The highest BCUT2D eigenvalue weighted by atomic mass is 15.2. The Morgan fingerprint density at radius 3 is 2.74 bits per heavy atom. The zero-order chi connectivity index (χ0) is 13.5. The van der Waals surface area contributed by atoms with Gasteiger partial charge in [0.25, 0.3) is 0 Å². The van der Waals surface area contributed by atoms with Crippen LogP contribution in [0.25, 0.3) is 0 Å². The number of imidazole rings is 1. The largest absolute Gasteiger partial charge is 0.356 e. The van der Waals surface area contributed by atoms with Gasteiger partial charge in [0.15, 0.2) is 0 Å². The van der Waals surface area contributed by atoms with Crippen LogP contribution < -0.4 is 5.32 Å². The maximum Gasteiger partial charge on any atom is 0.203 e. The molecule has 3 heteroatoms. The van der Waals surface area contributed by atoms with Crippen molar-refractivity contribution in [1.82, 2.24) is 9.55 Å². The van der Waals surface area contributed by atoms with E-state index in [-0.39, 0.29) is 0 Å². The number of rotatable bonds is 7. The van der Waals surface area contributed by atoms with Gasteiger partial charge in [0.2, 0.25) is 5.95 Å². The van der Waals surface area contributed by atoms with Crippen LogP contribution in [0, 0.1) is 6.92 Å². The molecule has 0 spiro atoms. The quantitative estimate of drug-likeness (QED) is 0.767. The van der Waals surface area contributed by atoms with E-state index in [4.69, 9.17) is 0 Å².